The van der Waals surface area contributed by atoms with Gasteiger partial charge in [-0.15, -0.1) is 0 Å². The predicted octanol–water partition coefficient (Wildman–Crippen LogP) is 2.15. The first-order chi connectivity index (χ1) is 14.4. The molecule has 0 aliphatic heterocycles. The number of amides is 1. The van der Waals surface area contributed by atoms with Crippen molar-refractivity contribution in [2.75, 3.05) is 32.2 Å². The lowest BCUT2D eigenvalue weighted by Crippen LogP contribution is -2.28. The first kappa shape index (κ1) is 24.0. The third-order valence-electron chi connectivity index (χ3n) is 4.60. The Bertz CT molecular complexity index is 700. The van der Waals surface area contributed by atoms with Crippen molar-refractivity contribution in [3.63, 3.8) is 0 Å². The number of halogens is 2. The molecule has 1 atom stereocenters. The van der Waals surface area contributed by atoms with Gasteiger partial charge in [0, 0.05) is 32.1 Å². The maximum absolute atomic E-state index is 12.5. The summed E-state index contributed by atoms with van der Waals surface area (Å²) in [7, 11) is 1.53. The number of aliphatic imine (C=N–C) groups is 1. The van der Waals surface area contributed by atoms with E-state index in [1.165, 1.54) is 13.3 Å². The summed E-state index contributed by atoms with van der Waals surface area (Å²) in [5, 5.41) is 15.2. The van der Waals surface area contributed by atoms with E-state index in [0.29, 0.717) is 26.0 Å². The van der Waals surface area contributed by atoms with Crippen LogP contribution in [0.3, 0.4) is 0 Å². The van der Waals surface area contributed by atoms with Gasteiger partial charge in [-0.2, -0.15) is 13.8 Å². The molecule has 9 nitrogen and oxygen atoms in total. The minimum Gasteiger partial charge on any atom is -0.393 e. The van der Waals surface area contributed by atoms with Gasteiger partial charge in [0.15, 0.2) is 5.82 Å². The molecular formula is C19H29F2N5O4. The normalized spacial score (nSPS) is 20.5. The van der Waals surface area contributed by atoms with Crippen molar-refractivity contribution in [3.8, 4) is 0 Å². The van der Waals surface area contributed by atoms with Gasteiger partial charge in [0.05, 0.1) is 19.3 Å². The number of aliphatic hydroxyl groups is 1. The van der Waals surface area contributed by atoms with Crippen LogP contribution in [0.2, 0.25) is 0 Å². The number of methoxy groups -OCH3 is 1. The van der Waals surface area contributed by atoms with E-state index in [1.54, 1.807) is 13.1 Å². The second kappa shape index (κ2) is 12.5. The Morgan fingerprint density at radius 3 is 2.80 bits per heavy atom. The number of aromatic nitrogens is 2. The molecule has 1 aromatic heterocycles. The minimum absolute atomic E-state index is 0.153. The van der Waals surface area contributed by atoms with Gasteiger partial charge in [-0.1, -0.05) is 0 Å². The topological polar surface area (TPSA) is 118 Å². The van der Waals surface area contributed by atoms with Crippen LogP contribution in [0.4, 0.5) is 20.5 Å². The summed E-state index contributed by atoms with van der Waals surface area (Å²) in [5.74, 6) is 0.122. The van der Waals surface area contributed by atoms with Crippen molar-refractivity contribution in [1.29, 1.82) is 0 Å². The van der Waals surface area contributed by atoms with E-state index in [0.717, 1.165) is 12.8 Å². The van der Waals surface area contributed by atoms with Gasteiger partial charge in [0.1, 0.15) is 5.56 Å². The van der Waals surface area contributed by atoms with E-state index in [9.17, 15) is 18.7 Å². The lowest BCUT2D eigenvalue weighted by atomic mass is 9.88. The van der Waals surface area contributed by atoms with Gasteiger partial charge in [0.2, 0.25) is 5.95 Å². The second-order valence-electron chi connectivity index (χ2n) is 7.17. The Kier molecular flexibility index (Phi) is 9.98. The van der Waals surface area contributed by atoms with E-state index in [4.69, 9.17) is 4.74 Å². The van der Waals surface area contributed by atoms with Gasteiger partial charge < -0.3 is 25.2 Å². The van der Waals surface area contributed by atoms with Crippen LogP contribution in [0, 0.1) is 5.92 Å². The van der Waals surface area contributed by atoms with Crippen LogP contribution in [0.25, 0.3) is 0 Å². The smallest absolute Gasteiger partial charge is 0.345 e. The third kappa shape index (κ3) is 8.25. The number of ether oxygens (including phenoxy) is 2. The molecule has 0 bridgehead atoms. The van der Waals surface area contributed by atoms with Crippen molar-refractivity contribution in [2.24, 2.45) is 10.9 Å². The summed E-state index contributed by atoms with van der Waals surface area (Å²) >= 11 is 0. The zero-order valence-electron chi connectivity index (χ0n) is 17.2. The fraction of sp³-hybridized carbons (Fsp3) is 0.684. The summed E-state index contributed by atoms with van der Waals surface area (Å²) in [5.41, 5.74) is 0.195. The van der Waals surface area contributed by atoms with E-state index in [-0.39, 0.29) is 41.9 Å². The Balaban J connectivity index is 2.13. The quantitative estimate of drug-likeness (QED) is 0.364. The molecule has 3 N–H and O–H groups in total. The molecule has 1 saturated carbocycles. The molecule has 1 fully saturated rings. The number of aliphatic hydroxyl groups excluding tert-OH is 1. The molecule has 0 unspecified atom stereocenters. The zero-order chi connectivity index (χ0) is 21.9. The van der Waals surface area contributed by atoms with Crippen molar-refractivity contribution < 1.29 is 28.2 Å². The van der Waals surface area contributed by atoms with E-state index < -0.39 is 12.7 Å². The van der Waals surface area contributed by atoms with Crippen molar-refractivity contribution in [1.82, 2.24) is 15.3 Å². The molecule has 1 aromatic rings. The zero-order valence-corrected chi connectivity index (χ0v) is 17.2. The molecule has 1 aliphatic carbocycles. The Morgan fingerprint density at radius 2 is 2.13 bits per heavy atom. The molecular weight excluding hydrogens is 400 g/mol. The summed E-state index contributed by atoms with van der Waals surface area (Å²) in [6.45, 7) is -0.767. The molecule has 1 aliphatic rings. The Hall–Kier alpha value is -2.24. The highest BCUT2D eigenvalue weighted by atomic mass is 19.3. The van der Waals surface area contributed by atoms with Gasteiger partial charge in [0.25, 0.3) is 5.91 Å². The Labute approximate surface area is 174 Å². The first-order valence-corrected chi connectivity index (χ1v) is 9.91. The molecule has 0 spiro atoms. The number of hydrogen-bond acceptors (Lipinski definition) is 8. The van der Waals surface area contributed by atoms with E-state index in [2.05, 4.69) is 30.3 Å². The predicted molar refractivity (Wildman–Crippen MR) is 107 cm³/mol. The summed E-state index contributed by atoms with van der Waals surface area (Å²) < 4.78 is 33.6. The van der Waals surface area contributed by atoms with Crippen LogP contribution in [0.1, 0.15) is 43.0 Å². The average Bonchev–Trinajstić information content (AvgIpc) is 2.72. The highest BCUT2D eigenvalue weighted by Gasteiger charge is 2.19. The number of carbonyl (C=O) groups excluding carboxylic acids is 1. The number of anilines is 1. The maximum Gasteiger partial charge on any atom is 0.345 e. The van der Waals surface area contributed by atoms with Crippen LogP contribution in [-0.2, 0) is 9.47 Å². The lowest BCUT2D eigenvalue weighted by molar-refractivity contribution is -0.130. The highest BCUT2D eigenvalue weighted by molar-refractivity contribution is 5.98. The van der Waals surface area contributed by atoms with Crippen molar-refractivity contribution in [2.45, 2.75) is 51.4 Å². The van der Waals surface area contributed by atoms with Crippen LogP contribution >= 0.6 is 0 Å². The third-order valence-corrected chi connectivity index (χ3v) is 4.60. The average molecular weight is 429 g/mol. The number of carbonyl (C=O) groups is 1. The van der Waals surface area contributed by atoms with Crippen molar-refractivity contribution >= 4 is 23.9 Å². The van der Waals surface area contributed by atoms with Crippen molar-refractivity contribution in [3.05, 3.63) is 11.8 Å². The van der Waals surface area contributed by atoms with E-state index >= 15 is 0 Å². The molecule has 168 valence electrons. The Morgan fingerprint density at radius 1 is 1.40 bits per heavy atom. The standard InChI is InChI=1S/C19H29F2N5O4/c1-12(11-30-18(20)21)25-19-24-10-15(17(28)22-7-8-29-2)16(26-19)23-9-13-3-5-14(27)6-4-13/h9-10,12-14,18,27H,3-8,11H2,1-2H3,(H,22,28)(H,24,25,26)/t12-,13?,14?/m0/s1. The van der Waals surface area contributed by atoms with Crippen LogP contribution < -0.4 is 10.6 Å². The van der Waals surface area contributed by atoms with Crippen LogP contribution in [0.15, 0.2) is 11.2 Å². The van der Waals surface area contributed by atoms with Crippen LogP contribution in [-0.4, -0.2) is 72.8 Å². The number of hydrogen-bond donors (Lipinski definition) is 3. The molecule has 2 rings (SSSR count). The lowest BCUT2D eigenvalue weighted by Gasteiger charge is -2.22. The molecule has 1 amide bonds. The number of rotatable bonds is 11. The monoisotopic (exact) mass is 429 g/mol. The summed E-state index contributed by atoms with van der Waals surface area (Å²) in [6, 6.07) is -0.475. The van der Waals surface area contributed by atoms with Gasteiger partial charge in [-0.3, -0.25) is 4.79 Å². The van der Waals surface area contributed by atoms with Gasteiger partial charge in [-0.25, -0.2) is 9.98 Å². The maximum atomic E-state index is 12.5. The number of nitrogens with one attached hydrogen (secondary N) is 2. The van der Waals surface area contributed by atoms with Gasteiger partial charge >= 0.3 is 6.61 Å². The fourth-order valence-electron chi connectivity index (χ4n) is 2.97. The molecule has 11 heteroatoms. The van der Waals surface area contributed by atoms with E-state index in [1.807, 2.05) is 0 Å². The number of nitrogens with zero attached hydrogens (tertiary/aromatic N) is 3. The molecule has 0 radical (unpaired) electrons. The number of alkyl halides is 2. The highest BCUT2D eigenvalue weighted by Crippen LogP contribution is 2.24. The SMILES string of the molecule is COCCNC(=O)c1cnc(N[C@@H](C)COC(F)F)nc1N=CC1CCC(O)CC1. The second-order valence-corrected chi connectivity index (χ2v) is 7.17. The largest absolute Gasteiger partial charge is 0.393 e. The first-order valence-electron chi connectivity index (χ1n) is 9.91. The fourth-order valence-corrected chi connectivity index (χ4v) is 2.97. The summed E-state index contributed by atoms with van der Waals surface area (Å²) in [4.78, 5) is 25.3. The molecule has 30 heavy (non-hydrogen) atoms. The minimum atomic E-state index is -2.86. The molecule has 0 saturated heterocycles. The van der Waals surface area contributed by atoms with Gasteiger partial charge in [-0.05, 0) is 38.5 Å². The molecule has 1 heterocycles. The molecule has 0 aromatic carbocycles. The van der Waals surface area contributed by atoms with Crippen LogP contribution in [0.5, 0.6) is 0 Å². The summed E-state index contributed by atoms with van der Waals surface area (Å²) in [6.07, 6.45) is 5.83.